The first kappa shape index (κ1) is 17.0. The van der Waals surface area contributed by atoms with E-state index in [1.54, 1.807) is 36.4 Å². The number of anilines is 1. The van der Waals surface area contributed by atoms with E-state index in [2.05, 4.69) is 16.0 Å². The van der Waals surface area contributed by atoms with Crippen LogP contribution < -0.4 is 16.0 Å². The van der Waals surface area contributed by atoms with E-state index in [0.29, 0.717) is 5.69 Å². The highest BCUT2D eigenvalue weighted by molar-refractivity contribution is 6.04. The van der Waals surface area contributed by atoms with E-state index in [1.165, 1.54) is 12.1 Å². The highest BCUT2D eigenvalue weighted by Gasteiger charge is 2.15. The van der Waals surface area contributed by atoms with E-state index in [9.17, 15) is 14.4 Å². The fraction of sp³-hybridized carbons (Fsp3) is 0.118. The highest BCUT2D eigenvalue weighted by Crippen LogP contribution is 2.08. The molecular weight excluding hydrogens is 310 g/mol. The lowest BCUT2D eigenvalue weighted by Gasteiger charge is -2.09. The first-order valence-corrected chi connectivity index (χ1v) is 7.28. The van der Waals surface area contributed by atoms with E-state index in [1.807, 2.05) is 6.07 Å². The second-order valence-corrected chi connectivity index (χ2v) is 4.85. The van der Waals surface area contributed by atoms with Crippen molar-refractivity contribution in [2.75, 3.05) is 18.4 Å². The van der Waals surface area contributed by atoms with Gasteiger partial charge in [-0.15, -0.1) is 0 Å². The Balaban J connectivity index is 1.77. The molecule has 0 aliphatic rings. The van der Waals surface area contributed by atoms with Crippen LogP contribution in [0.4, 0.5) is 10.5 Å². The maximum Gasteiger partial charge on any atom is 0.336 e. The third-order valence-corrected chi connectivity index (χ3v) is 3.13. The normalized spacial score (nSPS) is 9.83. The lowest BCUT2D eigenvalue weighted by Crippen LogP contribution is -2.37. The average molecular weight is 327 g/mol. The summed E-state index contributed by atoms with van der Waals surface area (Å²) in [5.74, 6) is -1.67. The summed E-state index contributed by atoms with van der Waals surface area (Å²) < 4.78 is 0. The van der Waals surface area contributed by atoms with Crippen molar-refractivity contribution < 1.29 is 19.5 Å². The van der Waals surface area contributed by atoms with Crippen molar-refractivity contribution >= 4 is 23.6 Å². The van der Waals surface area contributed by atoms with Gasteiger partial charge in [0.2, 0.25) is 0 Å². The van der Waals surface area contributed by atoms with E-state index in [0.717, 1.165) is 0 Å². The van der Waals surface area contributed by atoms with Gasteiger partial charge in [0.15, 0.2) is 0 Å². The van der Waals surface area contributed by atoms with E-state index >= 15 is 0 Å². The standard InChI is InChI=1S/C17H17N3O4/c21-15(13-8-4-5-9-14(13)16(22)23)18-10-11-19-17(24)20-12-6-2-1-3-7-12/h1-9H,10-11H2,(H,18,21)(H,22,23)(H2,19,20,24). The van der Waals surface area contributed by atoms with Crippen molar-refractivity contribution in [3.05, 3.63) is 65.7 Å². The molecule has 2 aromatic rings. The Morgan fingerprint density at radius 1 is 0.792 bits per heavy atom. The SMILES string of the molecule is O=C(NCCNC(=O)c1ccccc1C(=O)O)Nc1ccccc1. The van der Waals surface area contributed by atoms with Crippen molar-refractivity contribution in [3.8, 4) is 0 Å². The van der Waals surface area contributed by atoms with Gasteiger partial charge in [-0.05, 0) is 24.3 Å². The molecule has 24 heavy (non-hydrogen) atoms. The highest BCUT2D eigenvalue weighted by atomic mass is 16.4. The van der Waals surface area contributed by atoms with Gasteiger partial charge in [-0.25, -0.2) is 9.59 Å². The molecule has 0 heterocycles. The molecule has 0 saturated heterocycles. The third-order valence-electron chi connectivity index (χ3n) is 3.13. The van der Waals surface area contributed by atoms with Gasteiger partial charge in [-0.2, -0.15) is 0 Å². The molecule has 7 heteroatoms. The number of aromatic carboxylic acids is 1. The van der Waals surface area contributed by atoms with Gasteiger partial charge >= 0.3 is 12.0 Å². The van der Waals surface area contributed by atoms with Crippen LogP contribution in [0.15, 0.2) is 54.6 Å². The summed E-state index contributed by atoms with van der Waals surface area (Å²) >= 11 is 0. The minimum Gasteiger partial charge on any atom is -0.478 e. The second kappa shape index (κ2) is 8.33. The van der Waals surface area contributed by atoms with Crippen LogP contribution in [0.2, 0.25) is 0 Å². The van der Waals surface area contributed by atoms with E-state index < -0.39 is 11.9 Å². The number of amides is 3. The van der Waals surface area contributed by atoms with Crippen molar-refractivity contribution in [3.63, 3.8) is 0 Å². The number of carbonyl (C=O) groups is 3. The smallest absolute Gasteiger partial charge is 0.336 e. The lowest BCUT2D eigenvalue weighted by atomic mass is 10.1. The monoisotopic (exact) mass is 327 g/mol. The Bertz CT molecular complexity index is 732. The Morgan fingerprint density at radius 2 is 1.38 bits per heavy atom. The molecule has 0 radical (unpaired) electrons. The first-order chi connectivity index (χ1) is 11.6. The van der Waals surface area contributed by atoms with Gasteiger partial charge < -0.3 is 21.1 Å². The van der Waals surface area contributed by atoms with E-state index in [-0.39, 0.29) is 30.2 Å². The van der Waals surface area contributed by atoms with Crippen LogP contribution in [-0.2, 0) is 0 Å². The fourth-order valence-electron chi connectivity index (χ4n) is 2.01. The van der Waals surface area contributed by atoms with Gasteiger partial charge in [0.25, 0.3) is 5.91 Å². The Hall–Kier alpha value is -3.35. The molecular formula is C17H17N3O4. The van der Waals surface area contributed by atoms with Crippen molar-refractivity contribution in [1.29, 1.82) is 0 Å². The summed E-state index contributed by atoms with van der Waals surface area (Å²) in [6, 6.07) is 14.5. The molecule has 0 aromatic heterocycles. The predicted molar refractivity (Wildman–Crippen MR) is 89.2 cm³/mol. The van der Waals surface area contributed by atoms with E-state index in [4.69, 9.17) is 5.11 Å². The van der Waals surface area contributed by atoms with Gasteiger partial charge in [-0.3, -0.25) is 4.79 Å². The Labute approximate surface area is 138 Å². The zero-order valence-electron chi connectivity index (χ0n) is 12.8. The fourth-order valence-corrected chi connectivity index (χ4v) is 2.01. The molecule has 0 fully saturated rings. The van der Waals surface area contributed by atoms with Crippen LogP contribution in [0.1, 0.15) is 20.7 Å². The van der Waals surface area contributed by atoms with Crippen molar-refractivity contribution in [2.45, 2.75) is 0 Å². The third kappa shape index (κ3) is 4.84. The van der Waals surface area contributed by atoms with Crippen LogP contribution in [0.25, 0.3) is 0 Å². The molecule has 0 atom stereocenters. The van der Waals surface area contributed by atoms with Crippen LogP contribution >= 0.6 is 0 Å². The molecule has 0 spiro atoms. The number of para-hydroxylation sites is 1. The summed E-state index contributed by atoms with van der Waals surface area (Å²) in [6.45, 7) is 0.384. The second-order valence-electron chi connectivity index (χ2n) is 4.85. The molecule has 2 aromatic carbocycles. The molecule has 2 rings (SSSR count). The molecule has 7 nitrogen and oxygen atoms in total. The molecule has 0 aliphatic carbocycles. The van der Waals surface area contributed by atoms with Gasteiger partial charge in [-0.1, -0.05) is 30.3 Å². The summed E-state index contributed by atoms with van der Waals surface area (Å²) in [6.07, 6.45) is 0. The van der Waals surface area contributed by atoms with Crippen LogP contribution in [0.5, 0.6) is 0 Å². The Morgan fingerprint density at radius 3 is 2.04 bits per heavy atom. The summed E-state index contributed by atoms with van der Waals surface area (Å²) in [5, 5.41) is 16.9. The van der Waals surface area contributed by atoms with Crippen molar-refractivity contribution in [1.82, 2.24) is 10.6 Å². The average Bonchev–Trinajstić information content (AvgIpc) is 2.59. The minimum atomic E-state index is -1.17. The molecule has 124 valence electrons. The number of benzene rings is 2. The maximum absolute atomic E-state index is 12.0. The number of carbonyl (C=O) groups excluding carboxylic acids is 2. The number of carboxylic acids is 1. The summed E-state index contributed by atoms with van der Waals surface area (Å²) in [4.78, 5) is 34.7. The zero-order valence-corrected chi connectivity index (χ0v) is 12.8. The molecule has 0 bridgehead atoms. The van der Waals surface area contributed by atoms with Gasteiger partial charge in [0.1, 0.15) is 0 Å². The number of hydrogen-bond acceptors (Lipinski definition) is 3. The van der Waals surface area contributed by atoms with Crippen LogP contribution in [-0.4, -0.2) is 36.1 Å². The number of rotatable bonds is 6. The van der Waals surface area contributed by atoms with Crippen LogP contribution in [0.3, 0.4) is 0 Å². The van der Waals surface area contributed by atoms with Gasteiger partial charge in [0, 0.05) is 18.8 Å². The van der Waals surface area contributed by atoms with Crippen LogP contribution in [0, 0.1) is 0 Å². The molecule has 0 unspecified atom stereocenters. The predicted octanol–water partition coefficient (Wildman–Crippen LogP) is 1.94. The molecule has 4 N–H and O–H groups in total. The zero-order chi connectivity index (χ0) is 17.4. The number of hydrogen-bond donors (Lipinski definition) is 4. The Kier molecular flexibility index (Phi) is 5.90. The quantitative estimate of drug-likeness (QED) is 0.608. The number of carboxylic acid groups (broad SMARTS) is 1. The summed E-state index contributed by atoms with van der Waals surface area (Å²) in [5.41, 5.74) is 0.679. The number of urea groups is 1. The lowest BCUT2D eigenvalue weighted by molar-refractivity contribution is 0.0691. The largest absolute Gasteiger partial charge is 0.478 e. The van der Waals surface area contributed by atoms with Crippen molar-refractivity contribution in [2.24, 2.45) is 0 Å². The number of nitrogens with one attached hydrogen (secondary N) is 3. The molecule has 0 saturated carbocycles. The molecule has 0 aliphatic heterocycles. The summed E-state index contributed by atoms with van der Waals surface area (Å²) in [7, 11) is 0. The molecule has 3 amide bonds. The minimum absolute atomic E-state index is 0.0650. The topological polar surface area (TPSA) is 108 Å². The first-order valence-electron chi connectivity index (χ1n) is 7.28. The maximum atomic E-state index is 12.0. The van der Waals surface area contributed by atoms with Gasteiger partial charge in [0.05, 0.1) is 11.1 Å².